The molecule has 6 nitrogen and oxygen atoms in total. The molecule has 7 heteroatoms. The van der Waals surface area contributed by atoms with Crippen LogP contribution in [0.3, 0.4) is 0 Å². The summed E-state index contributed by atoms with van der Waals surface area (Å²) in [5.74, 6) is -0.977. The zero-order chi connectivity index (χ0) is 14.6. The summed E-state index contributed by atoms with van der Waals surface area (Å²) in [5, 5.41) is 22.9. The number of aliphatic carboxylic acids is 1. The number of nitrogens with zero attached hydrogens (tertiary/aromatic N) is 1. The number of carbonyl (C=O) groups is 1. The molecule has 1 atom stereocenters. The number of nitro benzene ring substituents is 1. The van der Waals surface area contributed by atoms with Crippen molar-refractivity contribution in [2.75, 3.05) is 0 Å². The molecule has 0 radical (unpaired) electrons. The van der Waals surface area contributed by atoms with Gasteiger partial charge >= 0.3 is 5.97 Å². The van der Waals surface area contributed by atoms with Crippen molar-refractivity contribution in [3.63, 3.8) is 0 Å². The lowest BCUT2D eigenvalue weighted by atomic mass is 9.98. The van der Waals surface area contributed by atoms with Crippen molar-refractivity contribution in [1.29, 1.82) is 0 Å². The van der Waals surface area contributed by atoms with Crippen molar-refractivity contribution < 1.29 is 14.8 Å². The lowest BCUT2D eigenvalue weighted by molar-refractivity contribution is -0.385. The third-order valence-electron chi connectivity index (χ3n) is 3.09. The molecule has 0 saturated heterocycles. The second-order valence-electron chi connectivity index (χ2n) is 4.37. The molecule has 1 rings (SSSR count). The van der Waals surface area contributed by atoms with Gasteiger partial charge in [-0.1, -0.05) is 22.9 Å². The fraction of sp³-hybridized carbons (Fsp3) is 0.417. The Morgan fingerprint density at radius 2 is 2.21 bits per heavy atom. The highest BCUT2D eigenvalue weighted by Crippen LogP contribution is 2.24. The first kappa shape index (κ1) is 15.6. The summed E-state index contributed by atoms with van der Waals surface area (Å²) in [6.07, 6.45) is 0.382. The summed E-state index contributed by atoms with van der Waals surface area (Å²) in [7, 11) is 0. The van der Waals surface area contributed by atoms with E-state index in [1.54, 1.807) is 26.0 Å². The molecule has 0 heterocycles. The van der Waals surface area contributed by atoms with Gasteiger partial charge in [-0.05, 0) is 25.5 Å². The highest BCUT2D eigenvalue weighted by Gasteiger charge is 2.30. The van der Waals surface area contributed by atoms with Crippen molar-refractivity contribution in [1.82, 2.24) is 5.32 Å². The van der Waals surface area contributed by atoms with Crippen LogP contribution in [-0.2, 0) is 11.3 Å². The summed E-state index contributed by atoms with van der Waals surface area (Å²) in [5.41, 5.74) is -0.680. The van der Waals surface area contributed by atoms with Crippen molar-refractivity contribution in [3.05, 3.63) is 38.3 Å². The smallest absolute Gasteiger partial charge is 0.323 e. The van der Waals surface area contributed by atoms with Crippen molar-refractivity contribution in [2.45, 2.75) is 32.4 Å². The van der Waals surface area contributed by atoms with Gasteiger partial charge < -0.3 is 5.11 Å². The molecule has 1 aromatic rings. The van der Waals surface area contributed by atoms with E-state index in [0.717, 1.165) is 0 Å². The van der Waals surface area contributed by atoms with Gasteiger partial charge in [-0.25, -0.2) is 0 Å². The molecule has 0 amide bonds. The van der Waals surface area contributed by atoms with Gasteiger partial charge in [0.15, 0.2) is 0 Å². The fourth-order valence-electron chi connectivity index (χ4n) is 1.50. The molecule has 1 aromatic carbocycles. The summed E-state index contributed by atoms with van der Waals surface area (Å²) < 4.78 is 0.611. The van der Waals surface area contributed by atoms with Crippen LogP contribution in [0.25, 0.3) is 0 Å². The predicted molar refractivity (Wildman–Crippen MR) is 74.0 cm³/mol. The van der Waals surface area contributed by atoms with Crippen molar-refractivity contribution in [2.24, 2.45) is 0 Å². The van der Waals surface area contributed by atoms with Crippen LogP contribution in [0.1, 0.15) is 25.8 Å². The second-order valence-corrected chi connectivity index (χ2v) is 5.29. The Morgan fingerprint density at radius 1 is 1.58 bits per heavy atom. The van der Waals surface area contributed by atoms with Gasteiger partial charge in [0.25, 0.3) is 5.69 Å². The van der Waals surface area contributed by atoms with Gasteiger partial charge in [0.05, 0.1) is 4.92 Å². The Labute approximate surface area is 119 Å². The molecule has 0 spiro atoms. The summed E-state index contributed by atoms with van der Waals surface area (Å²) in [4.78, 5) is 21.6. The number of carboxylic acid groups (broad SMARTS) is 1. The van der Waals surface area contributed by atoms with Crippen LogP contribution in [0.2, 0.25) is 0 Å². The van der Waals surface area contributed by atoms with Gasteiger partial charge in [-0.3, -0.25) is 20.2 Å². The maximum atomic E-state index is 11.1. The largest absolute Gasteiger partial charge is 0.480 e. The number of halogens is 1. The number of benzene rings is 1. The minimum atomic E-state index is -1.10. The lowest BCUT2D eigenvalue weighted by Gasteiger charge is -2.24. The fourth-order valence-corrected chi connectivity index (χ4v) is 1.85. The molecule has 0 aliphatic rings. The third-order valence-corrected chi connectivity index (χ3v) is 3.59. The monoisotopic (exact) mass is 330 g/mol. The molecule has 0 fully saturated rings. The number of hydrogen-bond acceptors (Lipinski definition) is 4. The van der Waals surface area contributed by atoms with Crippen LogP contribution >= 0.6 is 15.9 Å². The first-order chi connectivity index (χ1) is 8.80. The molecule has 0 aromatic heterocycles. The van der Waals surface area contributed by atoms with E-state index in [2.05, 4.69) is 21.2 Å². The van der Waals surface area contributed by atoms with E-state index in [1.807, 2.05) is 0 Å². The first-order valence-corrected chi connectivity index (χ1v) is 6.50. The van der Waals surface area contributed by atoms with E-state index < -0.39 is 16.4 Å². The molecular weight excluding hydrogens is 316 g/mol. The molecule has 1 unspecified atom stereocenters. The zero-order valence-electron chi connectivity index (χ0n) is 10.6. The summed E-state index contributed by atoms with van der Waals surface area (Å²) in [6, 6.07) is 4.70. The minimum Gasteiger partial charge on any atom is -0.480 e. The first-order valence-electron chi connectivity index (χ1n) is 5.71. The van der Waals surface area contributed by atoms with Crippen LogP contribution in [-0.4, -0.2) is 21.5 Å². The Morgan fingerprint density at radius 3 is 2.68 bits per heavy atom. The van der Waals surface area contributed by atoms with Gasteiger partial charge in [0.1, 0.15) is 5.54 Å². The van der Waals surface area contributed by atoms with Crippen LogP contribution in [0.5, 0.6) is 0 Å². The number of rotatable bonds is 6. The average Bonchev–Trinajstić information content (AvgIpc) is 2.36. The van der Waals surface area contributed by atoms with Crippen LogP contribution < -0.4 is 5.32 Å². The van der Waals surface area contributed by atoms with Gasteiger partial charge in [-0.2, -0.15) is 0 Å². The summed E-state index contributed by atoms with van der Waals surface area (Å²) in [6.45, 7) is 3.43. The Hall–Kier alpha value is -1.47. The van der Waals surface area contributed by atoms with Gasteiger partial charge in [0.2, 0.25) is 0 Å². The molecule has 104 valence electrons. The quantitative estimate of drug-likeness (QED) is 0.618. The minimum absolute atomic E-state index is 0.0364. The average molecular weight is 331 g/mol. The van der Waals surface area contributed by atoms with Gasteiger partial charge in [0, 0.05) is 22.6 Å². The maximum absolute atomic E-state index is 11.1. The molecule has 2 N–H and O–H groups in total. The number of carboxylic acids is 1. The van der Waals surface area contributed by atoms with Crippen molar-refractivity contribution in [3.8, 4) is 0 Å². The van der Waals surface area contributed by atoms with E-state index in [-0.39, 0.29) is 12.2 Å². The highest BCUT2D eigenvalue weighted by atomic mass is 79.9. The molecular formula is C12H15BrN2O4. The number of hydrogen-bond donors (Lipinski definition) is 2. The van der Waals surface area contributed by atoms with Crippen LogP contribution in [0, 0.1) is 10.1 Å². The Balaban J connectivity index is 2.95. The Bertz CT molecular complexity index is 507. The maximum Gasteiger partial charge on any atom is 0.323 e. The van der Waals surface area contributed by atoms with Gasteiger partial charge in [-0.15, -0.1) is 0 Å². The van der Waals surface area contributed by atoms with Crippen molar-refractivity contribution >= 4 is 27.6 Å². The topological polar surface area (TPSA) is 92.5 Å². The standard InChI is InChI=1S/C12H15BrN2O4/c1-3-12(2,11(16)17)14-7-8-4-5-9(13)6-10(8)15(18)19/h4-6,14H,3,7H2,1-2H3,(H,16,17). The summed E-state index contributed by atoms with van der Waals surface area (Å²) >= 11 is 3.17. The Kier molecular flexibility index (Phi) is 5.02. The van der Waals surface area contributed by atoms with Crippen LogP contribution in [0.15, 0.2) is 22.7 Å². The molecule has 19 heavy (non-hydrogen) atoms. The third kappa shape index (κ3) is 3.74. The highest BCUT2D eigenvalue weighted by molar-refractivity contribution is 9.10. The SMILES string of the molecule is CCC(C)(NCc1ccc(Br)cc1[N+](=O)[O-])C(=O)O. The van der Waals surface area contributed by atoms with Crippen LogP contribution in [0.4, 0.5) is 5.69 Å². The van der Waals surface area contributed by atoms with E-state index >= 15 is 0 Å². The predicted octanol–water partition coefficient (Wildman–Crippen LogP) is 2.70. The number of nitro groups is 1. The lowest BCUT2D eigenvalue weighted by Crippen LogP contribution is -2.48. The molecule has 0 aliphatic carbocycles. The van der Waals surface area contributed by atoms with E-state index in [4.69, 9.17) is 5.11 Å². The molecule has 0 saturated carbocycles. The number of nitrogens with one attached hydrogen (secondary N) is 1. The second kappa shape index (κ2) is 6.12. The molecule has 0 bridgehead atoms. The van der Waals surface area contributed by atoms with E-state index in [1.165, 1.54) is 6.07 Å². The van der Waals surface area contributed by atoms with E-state index in [0.29, 0.717) is 16.5 Å². The van der Waals surface area contributed by atoms with E-state index in [9.17, 15) is 14.9 Å². The zero-order valence-corrected chi connectivity index (χ0v) is 12.2. The normalized spacial score (nSPS) is 13.8. The molecule has 0 aliphatic heterocycles.